The molecule has 0 saturated carbocycles. The van der Waals surface area contributed by atoms with Gasteiger partial charge in [-0.3, -0.25) is 19.2 Å². The predicted octanol–water partition coefficient (Wildman–Crippen LogP) is 2.53. The molecule has 2 aromatic carbocycles. The Morgan fingerprint density at radius 3 is 1.98 bits per heavy atom. The number of hydrogen-bond donors (Lipinski definition) is 7. The van der Waals surface area contributed by atoms with Gasteiger partial charge in [-0.1, -0.05) is 77.9 Å². The van der Waals surface area contributed by atoms with E-state index in [0.29, 0.717) is 5.56 Å². The predicted molar refractivity (Wildman–Crippen MR) is 188 cm³/mol. The summed E-state index contributed by atoms with van der Waals surface area (Å²) in [4.78, 5) is 67.6. The van der Waals surface area contributed by atoms with Crippen molar-refractivity contribution >= 4 is 51.2 Å². The van der Waals surface area contributed by atoms with Gasteiger partial charge in [0.1, 0.15) is 29.9 Å². The number of phenolic OH excluding ortho intramolecular Hbond substituents is 1. The fourth-order valence-electron chi connectivity index (χ4n) is 5.16. The third kappa shape index (κ3) is 10.9. The van der Waals surface area contributed by atoms with E-state index in [1.165, 1.54) is 22.9 Å². The van der Waals surface area contributed by atoms with Gasteiger partial charge in [-0.2, -0.15) is 0 Å². The van der Waals surface area contributed by atoms with E-state index in [4.69, 9.17) is 5.73 Å². The number of nitrogens with two attached hydrogens (primary N) is 1. The second kappa shape index (κ2) is 16.6. The Labute approximate surface area is 289 Å². The molecule has 262 valence electrons. The number of rotatable bonds is 9. The van der Waals surface area contributed by atoms with Gasteiger partial charge in [0.25, 0.3) is 0 Å². The number of carboxylic acid groups (broad SMARTS) is 1. The van der Waals surface area contributed by atoms with E-state index >= 15 is 0 Å². The highest BCUT2D eigenvalue weighted by Crippen LogP contribution is 2.46. The number of hydrogen-bond acceptors (Lipinski definition) is 9. The quantitative estimate of drug-likeness (QED) is 0.191. The number of benzene rings is 2. The van der Waals surface area contributed by atoms with Gasteiger partial charge in [-0.05, 0) is 69.7 Å². The standard InChI is InChI=1S/C34H47N5O7S2/c1-19(2)16-24-29(42)36-25(18-20-10-8-7-9-11-20)30(43)39-27(32(45)46)34(5,6)48-47-33(3,4)26(31(44)37-24)38-28(41)23(35)17-21-12-14-22(40)15-13-21/h7-15,19,23-27,40H,16-18,35H2,1-6H3,(H,36,42)(H,37,44)(H,38,41)(H,39,43)(H,45,46)/t23-,24?,25?,26-,27-/m0/s1. The lowest BCUT2D eigenvalue weighted by Gasteiger charge is -2.39. The maximum Gasteiger partial charge on any atom is 0.327 e. The molecule has 3 rings (SSSR count). The Hall–Kier alpha value is -3.75. The van der Waals surface area contributed by atoms with E-state index in [2.05, 4.69) is 21.3 Å². The van der Waals surface area contributed by atoms with Crippen LogP contribution in [0, 0.1) is 5.92 Å². The minimum absolute atomic E-state index is 0.0387. The highest BCUT2D eigenvalue weighted by Gasteiger charge is 2.45. The SMILES string of the molecule is CC(C)CC1NC(=O)[C@H](NC(=O)[C@@H](N)Cc2ccc(O)cc2)C(C)(C)SSC(C)(C)[C@H](C(=O)O)NC(=O)C(Cc2ccccc2)NC1=O. The summed E-state index contributed by atoms with van der Waals surface area (Å²) in [6.45, 7) is 10.6. The Balaban J connectivity index is 2.01. The zero-order chi connectivity index (χ0) is 35.8. The fourth-order valence-corrected chi connectivity index (χ4v) is 7.97. The van der Waals surface area contributed by atoms with Crippen molar-refractivity contribution in [2.75, 3.05) is 0 Å². The molecule has 0 spiro atoms. The van der Waals surface area contributed by atoms with Crippen LogP contribution in [0.5, 0.6) is 5.75 Å². The van der Waals surface area contributed by atoms with E-state index in [1.807, 2.05) is 19.9 Å². The molecule has 1 fully saturated rings. The first-order valence-electron chi connectivity index (χ1n) is 15.8. The molecular formula is C34H47N5O7S2. The van der Waals surface area contributed by atoms with Gasteiger partial charge >= 0.3 is 5.97 Å². The summed E-state index contributed by atoms with van der Waals surface area (Å²) in [7, 11) is 2.34. The molecule has 14 heteroatoms. The zero-order valence-corrected chi connectivity index (χ0v) is 29.7. The van der Waals surface area contributed by atoms with Crippen molar-refractivity contribution in [3.63, 3.8) is 0 Å². The molecule has 8 N–H and O–H groups in total. The van der Waals surface area contributed by atoms with Crippen molar-refractivity contribution in [3.8, 4) is 5.75 Å². The Morgan fingerprint density at radius 1 is 0.833 bits per heavy atom. The van der Waals surface area contributed by atoms with Crippen molar-refractivity contribution in [1.29, 1.82) is 0 Å². The summed E-state index contributed by atoms with van der Waals surface area (Å²) in [5, 5.41) is 30.9. The maximum absolute atomic E-state index is 14.1. The van der Waals surface area contributed by atoms with Crippen LogP contribution in [-0.4, -0.2) is 79.5 Å². The van der Waals surface area contributed by atoms with E-state index in [0.717, 1.165) is 16.4 Å². The summed E-state index contributed by atoms with van der Waals surface area (Å²) in [5.41, 5.74) is 7.71. The largest absolute Gasteiger partial charge is 0.508 e. The fraction of sp³-hybridized carbons (Fsp3) is 0.500. The molecular weight excluding hydrogens is 655 g/mol. The monoisotopic (exact) mass is 701 g/mol. The van der Waals surface area contributed by atoms with Crippen molar-refractivity contribution in [3.05, 3.63) is 65.7 Å². The molecule has 0 bridgehead atoms. The van der Waals surface area contributed by atoms with E-state index in [1.54, 1.807) is 64.1 Å². The van der Waals surface area contributed by atoms with Crippen LogP contribution in [-0.2, 0) is 36.8 Å². The molecule has 1 saturated heterocycles. The van der Waals surface area contributed by atoms with Gasteiger partial charge in [0, 0.05) is 11.2 Å². The number of carbonyl (C=O) groups is 5. The number of phenols is 1. The first-order valence-corrected chi connectivity index (χ1v) is 17.9. The Bertz CT molecular complexity index is 1450. The molecule has 2 unspecified atom stereocenters. The molecule has 0 aliphatic carbocycles. The lowest BCUT2D eigenvalue weighted by atomic mass is 9.97. The number of carbonyl (C=O) groups excluding carboxylic acids is 4. The van der Waals surface area contributed by atoms with E-state index in [9.17, 15) is 34.2 Å². The van der Waals surface area contributed by atoms with Crippen LogP contribution in [0.15, 0.2) is 54.6 Å². The molecule has 0 aromatic heterocycles. The van der Waals surface area contributed by atoms with Crippen LogP contribution in [0.4, 0.5) is 0 Å². The highest BCUT2D eigenvalue weighted by atomic mass is 33.1. The summed E-state index contributed by atoms with van der Waals surface area (Å²) in [6.07, 6.45) is 0.447. The lowest BCUT2D eigenvalue weighted by Crippen LogP contribution is -2.63. The summed E-state index contributed by atoms with van der Waals surface area (Å²) in [6, 6.07) is 9.44. The molecule has 1 heterocycles. The molecule has 0 radical (unpaired) electrons. The molecule has 4 amide bonds. The normalized spacial score (nSPS) is 24.0. The van der Waals surface area contributed by atoms with E-state index in [-0.39, 0.29) is 30.9 Å². The zero-order valence-electron chi connectivity index (χ0n) is 28.1. The molecule has 2 aromatic rings. The van der Waals surface area contributed by atoms with Crippen molar-refractivity contribution in [1.82, 2.24) is 21.3 Å². The van der Waals surface area contributed by atoms with Crippen LogP contribution < -0.4 is 27.0 Å². The minimum Gasteiger partial charge on any atom is -0.508 e. The second-order valence-electron chi connectivity index (χ2n) is 13.5. The number of nitrogens with one attached hydrogen (secondary N) is 4. The number of carboxylic acids is 1. The van der Waals surface area contributed by atoms with Gasteiger partial charge in [-0.25, -0.2) is 4.79 Å². The number of aliphatic carboxylic acids is 1. The third-order valence-corrected chi connectivity index (χ3v) is 12.2. The topological polar surface area (TPSA) is 200 Å². The van der Waals surface area contributed by atoms with E-state index < -0.39 is 69.3 Å². The second-order valence-corrected chi connectivity index (χ2v) is 17.0. The third-order valence-electron chi connectivity index (χ3n) is 7.93. The average molecular weight is 702 g/mol. The Morgan fingerprint density at radius 2 is 1.40 bits per heavy atom. The lowest BCUT2D eigenvalue weighted by molar-refractivity contribution is -0.143. The van der Waals surface area contributed by atoms with Crippen LogP contribution in [0.2, 0.25) is 0 Å². The van der Waals surface area contributed by atoms with Gasteiger partial charge in [-0.15, -0.1) is 0 Å². The van der Waals surface area contributed by atoms with Crippen molar-refractivity contribution in [2.45, 2.75) is 101 Å². The molecule has 12 nitrogen and oxygen atoms in total. The van der Waals surface area contributed by atoms with Gasteiger partial charge < -0.3 is 37.2 Å². The van der Waals surface area contributed by atoms with Crippen molar-refractivity contribution in [2.24, 2.45) is 11.7 Å². The smallest absolute Gasteiger partial charge is 0.327 e. The summed E-state index contributed by atoms with van der Waals surface area (Å²) in [5.74, 6) is -3.76. The van der Waals surface area contributed by atoms with Crippen LogP contribution in [0.25, 0.3) is 0 Å². The van der Waals surface area contributed by atoms with Crippen molar-refractivity contribution < 1.29 is 34.2 Å². The number of amides is 4. The van der Waals surface area contributed by atoms with Gasteiger partial charge in [0.2, 0.25) is 23.6 Å². The van der Waals surface area contributed by atoms with Gasteiger partial charge in [0.05, 0.1) is 10.8 Å². The summed E-state index contributed by atoms with van der Waals surface area (Å²) >= 11 is 0. The first kappa shape index (κ1) is 38.7. The Kier molecular flexibility index (Phi) is 13.4. The maximum atomic E-state index is 14.1. The number of aromatic hydroxyl groups is 1. The van der Waals surface area contributed by atoms with Gasteiger partial charge in [0.15, 0.2) is 0 Å². The average Bonchev–Trinajstić information content (AvgIpc) is 3.01. The first-order chi connectivity index (χ1) is 22.4. The van der Waals surface area contributed by atoms with Crippen LogP contribution in [0.1, 0.15) is 59.1 Å². The molecule has 5 atom stereocenters. The molecule has 1 aliphatic rings. The highest BCUT2D eigenvalue weighted by molar-refractivity contribution is 8.77. The van der Waals surface area contributed by atoms with Crippen LogP contribution >= 0.6 is 21.6 Å². The summed E-state index contributed by atoms with van der Waals surface area (Å²) < 4.78 is -2.18. The molecule has 1 aliphatic heterocycles. The van der Waals surface area contributed by atoms with Crippen LogP contribution in [0.3, 0.4) is 0 Å². The molecule has 48 heavy (non-hydrogen) atoms. The minimum atomic E-state index is -1.37.